The number of benzene rings is 2. The molecule has 0 spiro atoms. The third-order valence-corrected chi connectivity index (χ3v) is 7.14. The van der Waals surface area contributed by atoms with Crippen molar-refractivity contribution in [3.05, 3.63) is 110 Å². The Morgan fingerprint density at radius 3 is 2.44 bits per heavy atom. The fraction of sp³-hybridized carbons (Fsp3) is 0.154. The minimum atomic E-state index is -0.551. The third-order valence-electron chi connectivity index (χ3n) is 6.20. The Morgan fingerprint density at radius 2 is 1.79 bits per heavy atom. The fourth-order valence-corrected chi connectivity index (χ4v) is 5.53. The molecule has 2 heterocycles. The van der Waals surface area contributed by atoms with E-state index in [2.05, 4.69) is 0 Å². The summed E-state index contributed by atoms with van der Waals surface area (Å²) in [5, 5.41) is 33.7. The maximum absolute atomic E-state index is 13.3. The summed E-state index contributed by atoms with van der Waals surface area (Å²) in [6.07, 6.45) is 1.67. The molecule has 1 aliphatic heterocycles. The van der Waals surface area contributed by atoms with E-state index in [1.165, 1.54) is 23.5 Å². The van der Waals surface area contributed by atoms with Gasteiger partial charge in [0.15, 0.2) is 5.78 Å². The number of carbonyl (C=O) groups is 1. The quantitative estimate of drug-likeness (QED) is 0.267. The van der Waals surface area contributed by atoms with Crippen molar-refractivity contribution in [2.24, 2.45) is 0 Å². The minimum absolute atomic E-state index is 0.00239. The first-order valence-corrected chi connectivity index (χ1v) is 11.8. The molecule has 2 N–H and O–H groups in total. The van der Waals surface area contributed by atoms with Gasteiger partial charge in [-0.15, -0.1) is 11.3 Å². The van der Waals surface area contributed by atoms with E-state index in [4.69, 9.17) is 0 Å². The highest BCUT2D eigenvalue weighted by atomic mass is 32.1. The van der Waals surface area contributed by atoms with Crippen molar-refractivity contribution in [2.45, 2.75) is 25.2 Å². The molecule has 2 aromatic carbocycles. The fourth-order valence-electron chi connectivity index (χ4n) is 4.69. The molecule has 1 aliphatic carbocycles. The number of nitro groups is 1. The molecule has 7 nitrogen and oxygen atoms in total. The summed E-state index contributed by atoms with van der Waals surface area (Å²) in [5.41, 5.74) is 2.70. The Balaban J connectivity index is 1.78. The number of allylic oxidation sites excluding steroid dienone is 2. The molecule has 0 amide bonds. The van der Waals surface area contributed by atoms with E-state index >= 15 is 0 Å². The van der Waals surface area contributed by atoms with Crippen molar-refractivity contribution in [3.8, 4) is 0 Å². The van der Waals surface area contributed by atoms with Crippen LogP contribution in [0.3, 0.4) is 0 Å². The number of hydrogen-bond donors (Lipinski definition) is 2. The Labute approximate surface area is 199 Å². The largest absolute Gasteiger partial charge is 0.507 e. The molecule has 1 atom stereocenters. The lowest BCUT2D eigenvalue weighted by atomic mass is 9.76. The Hall–Kier alpha value is -4.04. The van der Waals surface area contributed by atoms with Gasteiger partial charge in [0.25, 0.3) is 5.69 Å². The number of aliphatic hydroxyl groups is 1. The van der Waals surface area contributed by atoms with E-state index in [0.717, 1.165) is 10.6 Å². The summed E-state index contributed by atoms with van der Waals surface area (Å²) < 4.78 is 0. The highest BCUT2D eigenvalue weighted by Gasteiger charge is 2.43. The first kappa shape index (κ1) is 21.8. The van der Waals surface area contributed by atoms with E-state index in [1.54, 1.807) is 29.2 Å². The van der Waals surface area contributed by atoms with E-state index in [0.29, 0.717) is 41.7 Å². The Morgan fingerprint density at radius 1 is 1.06 bits per heavy atom. The van der Waals surface area contributed by atoms with Crippen LogP contribution < -0.4 is 4.90 Å². The number of ketones is 1. The van der Waals surface area contributed by atoms with Crippen molar-refractivity contribution in [2.75, 3.05) is 4.90 Å². The number of non-ortho nitro benzene ring substituents is 1. The van der Waals surface area contributed by atoms with Crippen LogP contribution in [0.4, 0.5) is 11.4 Å². The maximum atomic E-state index is 13.3. The van der Waals surface area contributed by atoms with Gasteiger partial charge in [0, 0.05) is 46.0 Å². The molecule has 1 unspecified atom stereocenters. The van der Waals surface area contributed by atoms with Gasteiger partial charge in [-0.05, 0) is 36.4 Å². The molecule has 0 saturated heterocycles. The summed E-state index contributed by atoms with van der Waals surface area (Å²) in [6.45, 7) is 0. The minimum Gasteiger partial charge on any atom is -0.507 e. The van der Waals surface area contributed by atoms with Crippen LogP contribution in [-0.2, 0) is 4.79 Å². The van der Waals surface area contributed by atoms with Crippen molar-refractivity contribution < 1.29 is 14.8 Å². The Bertz CT molecular complexity index is 1340. The zero-order chi connectivity index (χ0) is 23.8. The number of nitrogens with zero attached hydrogens (tertiary/aromatic N) is 2. The van der Waals surface area contributed by atoms with E-state index < -0.39 is 10.8 Å². The predicted octanol–water partition coefficient (Wildman–Crippen LogP) is 6.21. The summed E-state index contributed by atoms with van der Waals surface area (Å²) in [4.78, 5) is 26.5. The molecule has 170 valence electrons. The third kappa shape index (κ3) is 3.62. The van der Waals surface area contributed by atoms with Crippen molar-refractivity contribution in [1.29, 1.82) is 5.41 Å². The molecular formula is C26H21N3O4S. The van der Waals surface area contributed by atoms with Crippen molar-refractivity contribution in [1.82, 2.24) is 0 Å². The van der Waals surface area contributed by atoms with Crippen LogP contribution in [0, 0.1) is 15.5 Å². The maximum Gasteiger partial charge on any atom is 0.269 e. The van der Waals surface area contributed by atoms with Crippen LogP contribution in [-0.4, -0.2) is 21.6 Å². The van der Waals surface area contributed by atoms with E-state index in [1.807, 2.05) is 35.7 Å². The number of carbonyl (C=O) groups excluding carboxylic acids is 1. The molecule has 1 aromatic heterocycles. The molecule has 0 saturated carbocycles. The number of anilines is 1. The van der Waals surface area contributed by atoms with Crippen molar-refractivity contribution in [3.63, 3.8) is 0 Å². The summed E-state index contributed by atoms with van der Waals surface area (Å²) >= 11 is 1.49. The van der Waals surface area contributed by atoms with Gasteiger partial charge in [-0.3, -0.25) is 25.2 Å². The first-order chi connectivity index (χ1) is 16.5. The molecular weight excluding hydrogens is 450 g/mol. The number of hydrogen-bond acceptors (Lipinski definition) is 6. The van der Waals surface area contributed by atoms with Crippen LogP contribution in [0.5, 0.6) is 0 Å². The van der Waals surface area contributed by atoms with Crippen LogP contribution in [0.2, 0.25) is 0 Å². The molecule has 0 bridgehead atoms. The van der Waals surface area contributed by atoms with Crippen molar-refractivity contribution >= 4 is 40.1 Å². The number of thiophene rings is 1. The highest BCUT2D eigenvalue weighted by Crippen LogP contribution is 2.48. The Kier molecular flexibility index (Phi) is 5.59. The normalized spacial score (nSPS) is 19.8. The zero-order valence-corrected chi connectivity index (χ0v) is 18.9. The molecule has 8 heteroatoms. The number of amidine groups is 1. The van der Waals surface area contributed by atoms with Gasteiger partial charge in [0.2, 0.25) is 0 Å². The second-order valence-corrected chi connectivity index (χ2v) is 9.15. The summed E-state index contributed by atoms with van der Waals surface area (Å²) in [7, 11) is 0. The number of nitrogens with one attached hydrogen (secondary N) is 1. The molecule has 34 heavy (non-hydrogen) atoms. The van der Waals surface area contributed by atoms with Gasteiger partial charge >= 0.3 is 0 Å². The average molecular weight is 472 g/mol. The van der Waals surface area contributed by atoms with Crippen LogP contribution >= 0.6 is 11.3 Å². The molecule has 0 fully saturated rings. The lowest BCUT2D eigenvalue weighted by Gasteiger charge is -2.41. The van der Waals surface area contributed by atoms with Gasteiger partial charge in [0.1, 0.15) is 11.6 Å². The molecule has 5 rings (SSSR count). The van der Waals surface area contributed by atoms with Gasteiger partial charge in [0.05, 0.1) is 16.4 Å². The molecule has 0 radical (unpaired) electrons. The van der Waals surface area contributed by atoms with Crippen LogP contribution in [0.25, 0.3) is 5.76 Å². The topological polar surface area (TPSA) is 108 Å². The van der Waals surface area contributed by atoms with Gasteiger partial charge in [-0.1, -0.05) is 36.4 Å². The molecule has 2 aliphatic rings. The standard InChI is InChI=1S/C26H21N3O4S/c27-26-24(25(31)16-6-2-1-3-7-16)23(21-10-5-15-34-21)22-19(8-4-9-20(22)30)28(26)17-11-13-18(14-12-17)29(32)33/h1-3,5-7,10-15,23,27,31H,4,8-9H2/b25-24+,27-26?. The van der Waals surface area contributed by atoms with Gasteiger partial charge < -0.3 is 5.11 Å². The lowest BCUT2D eigenvalue weighted by Crippen LogP contribution is -2.42. The second kappa shape index (κ2) is 8.72. The van der Waals surface area contributed by atoms with E-state index in [9.17, 15) is 25.4 Å². The van der Waals surface area contributed by atoms with E-state index in [-0.39, 0.29) is 23.1 Å². The highest BCUT2D eigenvalue weighted by molar-refractivity contribution is 7.10. The summed E-state index contributed by atoms with van der Waals surface area (Å²) in [5.74, 6) is -0.551. The zero-order valence-electron chi connectivity index (χ0n) is 18.1. The van der Waals surface area contributed by atoms with Gasteiger partial charge in [-0.2, -0.15) is 0 Å². The number of rotatable bonds is 4. The van der Waals surface area contributed by atoms with Crippen LogP contribution in [0.1, 0.15) is 35.6 Å². The monoisotopic (exact) mass is 471 g/mol. The lowest BCUT2D eigenvalue weighted by molar-refractivity contribution is -0.384. The average Bonchev–Trinajstić information content (AvgIpc) is 3.38. The number of Topliss-reactive ketones (excluding diaryl/α,β-unsaturated/α-hetero) is 1. The number of nitro benzene ring substituents is 1. The number of aliphatic hydroxyl groups excluding tert-OH is 1. The van der Waals surface area contributed by atoms with Gasteiger partial charge in [-0.25, -0.2) is 0 Å². The molecule has 3 aromatic rings. The summed E-state index contributed by atoms with van der Waals surface area (Å²) in [6, 6.07) is 18.8. The van der Waals surface area contributed by atoms with Crippen LogP contribution in [0.15, 0.2) is 89.0 Å². The SMILES string of the molecule is N=C1/C(=C(/O)c2ccccc2)C(c2cccs2)C2=C(CCCC2=O)N1c1ccc([N+](=O)[O-])cc1. The second-order valence-electron chi connectivity index (χ2n) is 8.17. The smallest absolute Gasteiger partial charge is 0.269 e. The first-order valence-electron chi connectivity index (χ1n) is 10.9. The predicted molar refractivity (Wildman–Crippen MR) is 132 cm³/mol.